The van der Waals surface area contributed by atoms with E-state index in [2.05, 4.69) is 78.1 Å². The van der Waals surface area contributed by atoms with Gasteiger partial charge < -0.3 is 24.8 Å². The molecule has 4 rings (SSSR count). The predicted molar refractivity (Wildman–Crippen MR) is 115 cm³/mol. The van der Waals surface area contributed by atoms with Gasteiger partial charge in [-0.2, -0.15) is 11.6 Å². The van der Waals surface area contributed by atoms with Crippen molar-refractivity contribution in [3.05, 3.63) is 74.9 Å². The molecule has 2 aromatic carbocycles. The molecule has 4 heteroatoms. The zero-order valence-electron chi connectivity index (χ0n) is 18.3. The van der Waals surface area contributed by atoms with Crippen LogP contribution in [0.4, 0.5) is 0 Å². The summed E-state index contributed by atoms with van der Waals surface area (Å²) in [7, 11) is -0.506. The fourth-order valence-corrected chi connectivity index (χ4v) is 6.72. The van der Waals surface area contributed by atoms with E-state index in [9.17, 15) is 0 Å². The molecule has 0 atom stereocenters. The molecule has 0 N–H and O–H groups in total. The van der Waals surface area contributed by atoms with E-state index in [-0.39, 0.29) is 51.0 Å². The first-order valence-corrected chi connectivity index (χ1v) is 12.2. The molecule has 0 fully saturated rings. The van der Waals surface area contributed by atoms with E-state index in [0.717, 1.165) is 6.42 Å². The van der Waals surface area contributed by atoms with Gasteiger partial charge in [-0.25, -0.2) is 0 Å². The van der Waals surface area contributed by atoms with Gasteiger partial charge in [-0.05, 0) is 44.2 Å². The summed E-state index contributed by atoms with van der Waals surface area (Å²) in [6.07, 6.45) is 9.96. The summed E-state index contributed by atoms with van der Waals surface area (Å²) < 4.78 is 0. The molecule has 2 aromatic rings. The van der Waals surface area contributed by atoms with E-state index in [1.165, 1.54) is 50.1 Å². The molecule has 0 spiro atoms. The van der Waals surface area contributed by atoms with Crippen LogP contribution in [0.3, 0.4) is 0 Å². The normalized spacial score (nSPS) is 13.7. The second kappa shape index (κ2) is 9.82. The Morgan fingerprint density at radius 1 is 0.793 bits per heavy atom. The van der Waals surface area contributed by atoms with Gasteiger partial charge >= 0.3 is 26.2 Å². The standard InChI is InChI=1S/C25H28Si.2ClH.Zr/c1-14-16(3)24-22(25(18(14)5)26(6)7)13-20-12-21(19-10-8-9-11-19)15(2)17(4)23(20)24;;;/h8-11,19H,13H2,1-7H3;2*1H;/q-1;;;+3/p-2. The molecule has 0 saturated carbocycles. The van der Waals surface area contributed by atoms with Crippen molar-refractivity contribution >= 4 is 14.0 Å². The van der Waals surface area contributed by atoms with Crippen LogP contribution in [-0.4, -0.2) is 8.80 Å². The monoisotopic (exact) mass is 516 g/mol. The first-order chi connectivity index (χ1) is 12.3. The molecular weight excluding hydrogens is 490 g/mol. The second-order valence-corrected chi connectivity index (χ2v) is 10.7. The fraction of sp³-hybridized carbons (Fsp3) is 0.360. The molecule has 2 aliphatic rings. The Balaban J connectivity index is 0.00000140. The number of benzene rings is 2. The molecule has 0 unspecified atom stereocenters. The van der Waals surface area contributed by atoms with Crippen LogP contribution in [0, 0.1) is 40.7 Å². The third kappa shape index (κ3) is 4.08. The maximum Gasteiger partial charge on any atom is 3.00 e. The predicted octanol–water partition coefficient (Wildman–Crippen LogP) is -0.223. The van der Waals surface area contributed by atoms with E-state index in [1.807, 2.05) is 0 Å². The van der Waals surface area contributed by atoms with Crippen molar-refractivity contribution in [1.82, 2.24) is 0 Å². The summed E-state index contributed by atoms with van der Waals surface area (Å²) in [5, 5.41) is 1.66. The molecule has 0 amide bonds. The first kappa shape index (κ1) is 26.6. The van der Waals surface area contributed by atoms with Crippen molar-refractivity contribution < 1.29 is 51.0 Å². The van der Waals surface area contributed by atoms with Gasteiger partial charge in [-0.1, -0.05) is 73.1 Å². The molecular formula is C25H28Cl2SiZr. The van der Waals surface area contributed by atoms with Gasteiger partial charge in [-0.15, -0.1) is 22.3 Å². The molecule has 0 aliphatic heterocycles. The minimum absolute atomic E-state index is 0. The molecule has 29 heavy (non-hydrogen) atoms. The van der Waals surface area contributed by atoms with Gasteiger partial charge in [0.05, 0.1) is 8.80 Å². The van der Waals surface area contributed by atoms with Crippen LogP contribution in [-0.2, 0) is 32.6 Å². The van der Waals surface area contributed by atoms with Crippen LogP contribution in [0.5, 0.6) is 0 Å². The summed E-state index contributed by atoms with van der Waals surface area (Å²) in [4.78, 5) is 0. The molecule has 0 heterocycles. The summed E-state index contributed by atoms with van der Waals surface area (Å²) in [6, 6.07) is 3.86. The zero-order chi connectivity index (χ0) is 18.7. The summed E-state index contributed by atoms with van der Waals surface area (Å²) in [6.45, 7) is 16.4. The molecule has 0 nitrogen and oxygen atoms in total. The van der Waals surface area contributed by atoms with Gasteiger partial charge in [0.25, 0.3) is 0 Å². The zero-order valence-corrected chi connectivity index (χ0v) is 23.3. The number of hydrogen-bond acceptors (Lipinski definition) is 0. The largest absolute Gasteiger partial charge is 3.00 e. The van der Waals surface area contributed by atoms with Gasteiger partial charge in [0.15, 0.2) is 0 Å². The van der Waals surface area contributed by atoms with Gasteiger partial charge in [-0.3, -0.25) is 0 Å². The number of allylic oxidation sites excluding steroid dienone is 4. The molecule has 2 radical (unpaired) electrons. The SMILES string of the molecule is Cc1c(C2C=CC=C2)[c-]c2c(c1C)-c1c(C)c(C)c(C)c([Si](C)C)c1C2.[Cl-].[Cl-].[Zr+3]. The molecule has 0 aromatic heterocycles. The molecule has 0 saturated heterocycles. The first-order valence-electron chi connectivity index (χ1n) is 9.66. The maximum atomic E-state index is 3.86. The number of fused-ring (bicyclic) bond motifs is 3. The van der Waals surface area contributed by atoms with E-state index >= 15 is 0 Å². The third-order valence-electron chi connectivity index (χ3n) is 6.59. The van der Waals surface area contributed by atoms with Crippen molar-refractivity contribution in [2.45, 2.75) is 60.1 Å². The Morgan fingerprint density at radius 2 is 1.34 bits per heavy atom. The van der Waals surface area contributed by atoms with Crippen LogP contribution in [0.2, 0.25) is 13.1 Å². The Bertz CT molecular complexity index is 991. The van der Waals surface area contributed by atoms with Gasteiger partial charge in [0.1, 0.15) is 0 Å². The quantitative estimate of drug-likeness (QED) is 0.325. The van der Waals surface area contributed by atoms with Crippen molar-refractivity contribution in [2.24, 2.45) is 0 Å². The van der Waals surface area contributed by atoms with Crippen molar-refractivity contribution in [2.75, 3.05) is 0 Å². The van der Waals surface area contributed by atoms with E-state index in [0.29, 0.717) is 5.92 Å². The fourth-order valence-electron chi connectivity index (χ4n) is 4.97. The van der Waals surface area contributed by atoms with Gasteiger partial charge in [0, 0.05) is 0 Å². The van der Waals surface area contributed by atoms with E-state index < -0.39 is 8.80 Å². The second-order valence-electron chi connectivity index (χ2n) is 8.22. The van der Waals surface area contributed by atoms with Crippen LogP contribution >= 0.6 is 0 Å². The van der Waals surface area contributed by atoms with Crippen LogP contribution in [0.1, 0.15) is 50.4 Å². The van der Waals surface area contributed by atoms with Crippen LogP contribution < -0.4 is 30.0 Å². The summed E-state index contributed by atoms with van der Waals surface area (Å²) in [5.74, 6) is 0.392. The maximum absolute atomic E-state index is 3.86. The summed E-state index contributed by atoms with van der Waals surface area (Å²) in [5.41, 5.74) is 14.8. The van der Waals surface area contributed by atoms with E-state index in [1.54, 1.807) is 10.8 Å². The van der Waals surface area contributed by atoms with Crippen LogP contribution in [0.15, 0.2) is 24.3 Å². The minimum Gasteiger partial charge on any atom is -1.00 e. The van der Waals surface area contributed by atoms with Gasteiger partial charge in [0.2, 0.25) is 0 Å². The average Bonchev–Trinajstić information content (AvgIpc) is 3.23. The third-order valence-corrected chi connectivity index (χ3v) is 8.27. The van der Waals surface area contributed by atoms with Crippen molar-refractivity contribution in [3.8, 4) is 11.1 Å². The molecule has 2 aliphatic carbocycles. The molecule has 150 valence electrons. The Kier molecular flexibility index (Phi) is 9.02. The van der Waals surface area contributed by atoms with E-state index in [4.69, 9.17) is 0 Å². The van der Waals surface area contributed by atoms with Crippen molar-refractivity contribution in [3.63, 3.8) is 0 Å². The Morgan fingerprint density at radius 3 is 1.90 bits per heavy atom. The minimum atomic E-state index is -0.506. The topological polar surface area (TPSA) is 0 Å². The number of halogens is 2. The number of hydrogen-bond donors (Lipinski definition) is 0. The average molecular weight is 519 g/mol. The Labute approximate surface area is 209 Å². The smallest absolute Gasteiger partial charge is 1.00 e. The van der Waals surface area contributed by atoms with Crippen LogP contribution in [0.25, 0.3) is 11.1 Å². The Hall–Kier alpha value is -0.400. The molecule has 0 bridgehead atoms. The number of rotatable bonds is 2. The van der Waals surface area contributed by atoms with Crippen molar-refractivity contribution in [1.29, 1.82) is 0 Å². The summed E-state index contributed by atoms with van der Waals surface area (Å²) >= 11 is 0.